The molecule has 3 aromatic rings. The Morgan fingerprint density at radius 3 is 2.59 bits per heavy atom. The fraction of sp³-hybridized carbons (Fsp3) is 0.318. The van der Waals surface area contributed by atoms with Gasteiger partial charge >= 0.3 is 0 Å². The lowest BCUT2D eigenvalue weighted by atomic mass is 10.1. The number of hydrogen-bond donors (Lipinski definition) is 0. The second-order valence-corrected chi connectivity index (χ2v) is 7.29. The smallest absolute Gasteiger partial charge is 0.191 e. The van der Waals surface area contributed by atoms with Crippen LogP contribution < -0.4 is 9.47 Å². The molecule has 2 aromatic carbocycles. The van der Waals surface area contributed by atoms with Gasteiger partial charge in [-0.1, -0.05) is 23.9 Å². The van der Waals surface area contributed by atoms with Gasteiger partial charge in [-0.05, 0) is 51.1 Å². The first-order chi connectivity index (χ1) is 14.1. The molecule has 0 unspecified atom stereocenters. The van der Waals surface area contributed by atoms with Gasteiger partial charge in [0.1, 0.15) is 11.5 Å². The van der Waals surface area contributed by atoms with Crippen LogP contribution in [0.25, 0.3) is 11.4 Å². The van der Waals surface area contributed by atoms with E-state index in [2.05, 4.69) is 21.7 Å². The van der Waals surface area contributed by atoms with Crippen LogP contribution in [0, 0.1) is 0 Å². The van der Waals surface area contributed by atoms with Crippen LogP contribution in [0.2, 0.25) is 0 Å². The van der Waals surface area contributed by atoms with Gasteiger partial charge in [-0.25, -0.2) is 0 Å². The van der Waals surface area contributed by atoms with Crippen molar-refractivity contribution in [2.45, 2.75) is 38.2 Å². The van der Waals surface area contributed by atoms with E-state index in [1.807, 2.05) is 43.3 Å². The molecule has 152 valence electrons. The number of carbonyl (C=O) groups is 1. The average Bonchev–Trinajstić information content (AvgIpc) is 3.15. The molecular weight excluding hydrogens is 386 g/mol. The molecule has 0 fully saturated rings. The minimum atomic E-state index is 0.0366. The molecule has 0 spiro atoms. The van der Waals surface area contributed by atoms with Gasteiger partial charge in [0.2, 0.25) is 0 Å². The van der Waals surface area contributed by atoms with Gasteiger partial charge < -0.3 is 14.0 Å². The lowest BCUT2D eigenvalue weighted by Gasteiger charge is -2.12. The molecule has 0 amide bonds. The van der Waals surface area contributed by atoms with E-state index in [9.17, 15) is 4.79 Å². The lowest BCUT2D eigenvalue weighted by Crippen LogP contribution is -2.02. The van der Waals surface area contributed by atoms with Gasteiger partial charge in [-0.3, -0.25) is 4.79 Å². The Balaban J connectivity index is 1.89. The van der Waals surface area contributed by atoms with Crippen molar-refractivity contribution < 1.29 is 14.3 Å². The maximum atomic E-state index is 11.8. The minimum absolute atomic E-state index is 0.0366. The number of Topliss-reactive ketones (excluding diaryl/α,β-unsaturated/α-hetero) is 1. The van der Waals surface area contributed by atoms with Crippen molar-refractivity contribution in [1.29, 1.82) is 0 Å². The molecular formula is C22H25N3O3S. The van der Waals surface area contributed by atoms with Crippen molar-refractivity contribution in [3.63, 3.8) is 0 Å². The third-order valence-corrected chi connectivity index (χ3v) is 5.52. The molecule has 1 heterocycles. The van der Waals surface area contributed by atoms with E-state index >= 15 is 0 Å². The zero-order chi connectivity index (χ0) is 20.8. The predicted molar refractivity (Wildman–Crippen MR) is 115 cm³/mol. The monoisotopic (exact) mass is 411 g/mol. The first kappa shape index (κ1) is 20.9. The molecule has 0 saturated carbocycles. The Labute approximate surface area is 175 Å². The number of carbonyl (C=O) groups excluding carboxylic acids is 1. The van der Waals surface area contributed by atoms with Gasteiger partial charge in [-0.2, -0.15) is 0 Å². The van der Waals surface area contributed by atoms with Gasteiger partial charge in [0.05, 0.1) is 19.3 Å². The van der Waals surface area contributed by atoms with E-state index in [0.29, 0.717) is 17.9 Å². The second-order valence-electron chi connectivity index (χ2n) is 6.35. The minimum Gasteiger partial charge on any atom is -0.496 e. The Bertz CT molecular complexity index is 1000. The summed E-state index contributed by atoms with van der Waals surface area (Å²) in [5, 5.41) is 9.62. The Morgan fingerprint density at radius 1 is 1.10 bits per heavy atom. The fourth-order valence-electron chi connectivity index (χ4n) is 3.06. The zero-order valence-electron chi connectivity index (χ0n) is 17.1. The summed E-state index contributed by atoms with van der Waals surface area (Å²) < 4.78 is 13.3. The maximum Gasteiger partial charge on any atom is 0.191 e. The summed E-state index contributed by atoms with van der Waals surface area (Å²) in [7, 11) is 1.65. The number of ketones is 1. The highest BCUT2D eigenvalue weighted by molar-refractivity contribution is 7.98. The molecule has 0 saturated heterocycles. The van der Waals surface area contributed by atoms with E-state index < -0.39 is 0 Å². The molecule has 0 aliphatic carbocycles. The van der Waals surface area contributed by atoms with E-state index in [-0.39, 0.29) is 5.78 Å². The van der Waals surface area contributed by atoms with Crippen LogP contribution in [0.15, 0.2) is 47.6 Å². The van der Waals surface area contributed by atoms with Crippen LogP contribution in [0.3, 0.4) is 0 Å². The molecule has 0 aliphatic rings. The molecule has 0 bridgehead atoms. The SMILES string of the molecule is CCOc1ccc(C(C)=O)cc1CSc1nnc(-c2ccccc2OC)n1CC. The summed E-state index contributed by atoms with van der Waals surface area (Å²) >= 11 is 1.57. The van der Waals surface area contributed by atoms with Crippen LogP contribution in [-0.2, 0) is 12.3 Å². The molecule has 3 rings (SSSR count). The fourth-order valence-corrected chi connectivity index (χ4v) is 4.04. The molecule has 0 aliphatic heterocycles. The quantitative estimate of drug-likeness (QED) is 0.370. The highest BCUT2D eigenvalue weighted by Gasteiger charge is 2.17. The number of nitrogens with zero attached hydrogens (tertiary/aromatic N) is 3. The molecule has 6 nitrogen and oxygen atoms in total. The molecule has 1 aromatic heterocycles. The summed E-state index contributed by atoms with van der Waals surface area (Å²) in [4.78, 5) is 11.8. The van der Waals surface area contributed by atoms with Gasteiger partial charge in [-0.15, -0.1) is 10.2 Å². The number of hydrogen-bond acceptors (Lipinski definition) is 6. The first-order valence-electron chi connectivity index (χ1n) is 9.55. The largest absolute Gasteiger partial charge is 0.496 e. The lowest BCUT2D eigenvalue weighted by molar-refractivity contribution is 0.101. The van der Waals surface area contributed by atoms with Gasteiger partial charge in [0.25, 0.3) is 0 Å². The molecule has 0 radical (unpaired) electrons. The van der Waals surface area contributed by atoms with Crippen LogP contribution in [0.1, 0.15) is 36.7 Å². The normalized spacial score (nSPS) is 10.8. The van der Waals surface area contributed by atoms with Gasteiger partial charge in [0, 0.05) is 23.4 Å². The molecule has 7 heteroatoms. The number of para-hydroxylation sites is 1. The molecule has 0 atom stereocenters. The van der Waals surface area contributed by atoms with Crippen molar-refractivity contribution in [3.8, 4) is 22.9 Å². The summed E-state index contributed by atoms with van der Waals surface area (Å²) in [6, 6.07) is 13.3. The number of benzene rings is 2. The van der Waals surface area contributed by atoms with Crippen LogP contribution in [0.4, 0.5) is 0 Å². The number of methoxy groups -OCH3 is 1. The van der Waals surface area contributed by atoms with Crippen molar-refractivity contribution >= 4 is 17.5 Å². The highest BCUT2D eigenvalue weighted by Crippen LogP contribution is 2.33. The van der Waals surface area contributed by atoms with Crippen LogP contribution in [-0.4, -0.2) is 34.3 Å². The van der Waals surface area contributed by atoms with E-state index in [4.69, 9.17) is 9.47 Å². The Morgan fingerprint density at radius 2 is 1.90 bits per heavy atom. The van der Waals surface area contributed by atoms with Crippen LogP contribution >= 0.6 is 11.8 Å². The number of rotatable bonds is 9. The van der Waals surface area contributed by atoms with Crippen molar-refractivity contribution in [2.24, 2.45) is 0 Å². The predicted octanol–water partition coefficient (Wildman–Crippen LogP) is 4.87. The van der Waals surface area contributed by atoms with E-state index in [0.717, 1.165) is 40.2 Å². The third-order valence-electron chi connectivity index (χ3n) is 4.50. The summed E-state index contributed by atoms with van der Waals surface area (Å²) in [6.07, 6.45) is 0. The van der Waals surface area contributed by atoms with E-state index in [1.54, 1.807) is 31.9 Å². The average molecular weight is 412 g/mol. The zero-order valence-corrected chi connectivity index (χ0v) is 18.0. The van der Waals surface area contributed by atoms with Crippen molar-refractivity contribution in [2.75, 3.05) is 13.7 Å². The van der Waals surface area contributed by atoms with Crippen molar-refractivity contribution in [1.82, 2.24) is 14.8 Å². The Hall–Kier alpha value is -2.80. The maximum absolute atomic E-state index is 11.8. The Kier molecular flexibility index (Phi) is 6.93. The van der Waals surface area contributed by atoms with Crippen molar-refractivity contribution in [3.05, 3.63) is 53.6 Å². The first-order valence-corrected chi connectivity index (χ1v) is 10.5. The number of thioether (sulfide) groups is 1. The molecule has 0 N–H and O–H groups in total. The van der Waals surface area contributed by atoms with Crippen LogP contribution in [0.5, 0.6) is 11.5 Å². The van der Waals surface area contributed by atoms with E-state index in [1.165, 1.54) is 0 Å². The highest BCUT2D eigenvalue weighted by atomic mass is 32.2. The summed E-state index contributed by atoms with van der Waals surface area (Å²) in [5.74, 6) is 2.99. The summed E-state index contributed by atoms with van der Waals surface area (Å²) in [5.41, 5.74) is 2.55. The van der Waals surface area contributed by atoms with Gasteiger partial charge in [0.15, 0.2) is 16.8 Å². The molecule has 29 heavy (non-hydrogen) atoms. The standard InChI is InChI=1S/C22H25N3O3S/c1-5-25-21(18-9-7-8-10-20(18)27-4)23-24-22(25)29-14-17-13-16(15(3)26)11-12-19(17)28-6-2/h7-13H,5-6,14H2,1-4H3. The topological polar surface area (TPSA) is 66.2 Å². The number of aromatic nitrogens is 3. The number of ether oxygens (including phenoxy) is 2. The third kappa shape index (κ3) is 4.62. The second kappa shape index (κ2) is 9.60. The summed E-state index contributed by atoms with van der Waals surface area (Å²) in [6.45, 7) is 6.88.